The summed E-state index contributed by atoms with van der Waals surface area (Å²) in [7, 11) is 0. The Kier molecular flexibility index (Phi) is 2.89. The molecule has 1 heterocycles. The summed E-state index contributed by atoms with van der Waals surface area (Å²) in [5, 5.41) is 0. The SMILES string of the molecule is CC(=O)Oc1ccc(OC(C)=O)c2c1C[C@]1(C)O[C@@]1(C)C2. The topological polar surface area (TPSA) is 65.1 Å². The average molecular weight is 290 g/mol. The van der Waals surface area contributed by atoms with Crippen LogP contribution in [0, 0.1) is 0 Å². The minimum Gasteiger partial charge on any atom is -0.426 e. The van der Waals surface area contributed by atoms with E-state index in [1.807, 2.05) is 13.8 Å². The number of carbonyl (C=O) groups excluding carboxylic acids is 2. The van der Waals surface area contributed by atoms with E-state index in [1.165, 1.54) is 13.8 Å². The Morgan fingerprint density at radius 3 is 1.67 bits per heavy atom. The van der Waals surface area contributed by atoms with Crippen molar-refractivity contribution in [1.29, 1.82) is 0 Å². The maximum atomic E-state index is 11.3. The van der Waals surface area contributed by atoms with Crippen LogP contribution in [0.5, 0.6) is 11.5 Å². The van der Waals surface area contributed by atoms with Crippen LogP contribution in [0.3, 0.4) is 0 Å². The molecule has 1 aromatic carbocycles. The molecule has 0 N–H and O–H groups in total. The Balaban J connectivity index is 2.07. The number of hydrogen-bond acceptors (Lipinski definition) is 5. The van der Waals surface area contributed by atoms with Gasteiger partial charge in [0, 0.05) is 37.8 Å². The second-order valence-electron chi connectivity index (χ2n) is 6.12. The predicted octanol–water partition coefficient (Wildman–Crippen LogP) is 2.18. The number of rotatable bonds is 2. The molecule has 112 valence electrons. The van der Waals surface area contributed by atoms with Crippen molar-refractivity contribution in [2.24, 2.45) is 0 Å². The smallest absolute Gasteiger partial charge is 0.308 e. The monoisotopic (exact) mass is 290 g/mol. The fourth-order valence-electron chi connectivity index (χ4n) is 3.13. The largest absolute Gasteiger partial charge is 0.426 e. The van der Waals surface area contributed by atoms with Crippen molar-refractivity contribution >= 4 is 11.9 Å². The van der Waals surface area contributed by atoms with Gasteiger partial charge in [-0.1, -0.05) is 0 Å². The number of benzene rings is 1. The molecule has 0 aromatic heterocycles. The van der Waals surface area contributed by atoms with Gasteiger partial charge in [0.2, 0.25) is 0 Å². The zero-order valence-electron chi connectivity index (χ0n) is 12.6. The standard InChI is InChI=1S/C16H18O5/c1-9(17)19-13-5-6-14(20-10(2)18)12-8-16(4)15(3,21-16)7-11(12)13/h5-6H,7-8H2,1-4H3/t15-,16-/m0/s1. The first kappa shape index (κ1) is 14.1. The molecule has 1 aromatic rings. The second-order valence-corrected chi connectivity index (χ2v) is 6.12. The van der Waals surface area contributed by atoms with Crippen molar-refractivity contribution < 1.29 is 23.8 Å². The van der Waals surface area contributed by atoms with E-state index in [0.717, 1.165) is 11.1 Å². The number of ether oxygens (including phenoxy) is 3. The summed E-state index contributed by atoms with van der Waals surface area (Å²) in [6, 6.07) is 3.35. The summed E-state index contributed by atoms with van der Waals surface area (Å²) in [6.07, 6.45) is 1.27. The summed E-state index contributed by atoms with van der Waals surface area (Å²) in [6.45, 7) is 6.83. The summed E-state index contributed by atoms with van der Waals surface area (Å²) in [5.74, 6) is 0.305. The quantitative estimate of drug-likeness (QED) is 0.474. The maximum absolute atomic E-state index is 11.3. The van der Waals surface area contributed by atoms with Crippen molar-refractivity contribution in [1.82, 2.24) is 0 Å². The number of esters is 2. The molecular weight excluding hydrogens is 272 g/mol. The van der Waals surface area contributed by atoms with Gasteiger partial charge in [0.25, 0.3) is 0 Å². The molecular formula is C16H18O5. The van der Waals surface area contributed by atoms with E-state index in [2.05, 4.69) is 0 Å². The Labute approximate surface area is 123 Å². The molecule has 5 heteroatoms. The van der Waals surface area contributed by atoms with E-state index in [4.69, 9.17) is 14.2 Å². The lowest BCUT2D eigenvalue weighted by atomic mass is 9.77. The van der Waals surface area contributed by atoms with Crippen LogP contribution in [0.25, 0.3) is 0 Å². The lowest BCUT2D eigenvalue weighted by Crippen LogP contribution is -2.31. The van der Waals surface area contributed by atoms with E-state index in [1.54, 1.807) is 12.1 Å². The van der Waals surface area contributed by atoms with Crippen LogP contribution >= 0.6 is 0 Å². The molecule has 2 aliphatic rings. The van der Waals surface area contributed by atoms with E-state index < -0.39 is 0 Å². The van der Waals surface area contributed by atoms with E-state index in [0.29, 0.717) is 24.3 Å². The van der Waals surface area contributed by atoms with Gasteiger partial charge >= 0.3 is 11.9 Å². The summed E-state index contributed by atoms with van der Waals surface area (Å²) in [5.41, 5.74) is 1.29. The highest BCUT2D eigenvalue weighted by atomic mass is 16.6. The Hall–Kier alpha value is -1.88. The highest BCUT2D eigenvalue weighted by Crippen LogP contribution is 2.57. The van der Waals surface area contributed by atoms with Crippen molar-refractivity contribution in [3.8, 4) is 11.5 Å². The number of fused-ring (bicyclic) bond motifs is 2. The molecule has 0 amide bonds. The van der Waals surface area contributed by atoms with Crippen LogP contribution in [-0.4, -0.2) is 23.1 Å². The predicted molar refractivity (Wildman–Crippen MR) is 74.4 cm³/mol. The molecule has 0 bridgehead atoms. The van der Waals surface area contributed by atoms with E-state index in [9.17, 15) is 9.59 Å². The van der Waals surface area contributed by atoms with Crippen LogP contribution < -0.4 is 9.47 Å². The first-order valence-corrected chi connectivity index (χ1v) is 6.96. The van der Waals surface area contributed by atoms with Gasteiger partial charge in [-0.15, -0.1) is 0 Å². The summed E-state index contributed by atoms with van der Waals surface area (Å²) in [4.78, 5) is 22.5. The molecule has 0 radical (unpaired) electrons. The van der Waals surface area contributed by atoms with Gasteiger partial charge in [0.15, 0.2) is 0 Å². The fourth-order valence-corrected chi connectivity index (χ4v) is 3.13. The lowest BCUT2D eigenvalue weighted by molar-refractivity contribution is -0.133. The van der Waals surface area contributed by atoms with Crippen LogP contribution in [0.1, 0.15) is 38.8 Å². The maximum Gasteiger partial charge on any atom is 0.308 e. The second kappa shape index (κ2) is 4.31. The molecule has 1 aliphatic carbocycles. The van der Waals surface area contributed by atoms with Crippen molar-refractivity contribution in [3.05, 3.63) is 23.3 Å². The third-order valence-corrected chi connectivity index (χ3v) is 4.41. The fraction of sp³-hybridized carbons (Fsp3) is 0.500. The van der Waals surface area contributed by atoms with Crippen LogP contribution in [0.2, 0.25) is 0 Å². The molecule has 0 saturated carbocycles. The Bertz CT molecular complexity index is 595. The Morgan fingerprint density at radius 1 is 0.952 bits per heavy atom. The third-order valence-electron chi connectivity index (χ3n) is 4.41. The molecule has 2 atom stereocenters. The zero-order chi connectivity index (χ0) is 15.4. The highest BCUT2D eigenvalue weighted by molar-refractivity contribution is 5.73. The van der Waals surface area contributed by atoms with Gasteiger partial charge in [0.05, 0.1) is 11.2 Å². The summed E-state index contributed by atoms with van der Waals surface area (Å²) < 4.78 is 16.4. The van der Waals surface area contributed by atoms with Crippen molar-refractivity contribution in [2.75, 3.05) is 0 Å². The van der Waals surface area contributed by atoms with Crippen LogP contribution in [-0.2, 0) is 27.2 Å². The van der Waals surface area contributed by atoms with Crippen molar-refractivity contribution in [2.45, 2.75) is 51.7 Å². The number of epoxide rings is 1. The van der Waals surface area contributed by atoms with Gasteiger partial charge in [-0.05, 0) is 26.0 Å². The molecule has 0 spiro atoms. The first-order valence-electron chi connectivity index (χ1n) is 6.96. The van der Waals surface area contributed by atoms with Gasteiger partial charge in [-0.2, -0.15) is 0 Å². The third kappa shape index (κ3) is 2.21. The van der Waals surface area contributed by atoms with Gasteiger partial charge in [0.1, 0.15) is 11.5 Å². The minimum atomic E-state index is -0.368. The Morgan fingerprint density at radius 2 is 1.33 bits per heavy atom. The molecule has 3 rings (SSSR count). The van der Waals surface area contributed by atoms with E-state index in [-0.39, 0.29) is 23.1 Å². The van der Waals surface area contributed by atoms with Gasteiger partial charge in [-0.25, -0.2) is 0 Å². The normalized spacial score (nSPS) is 29.1. The number of carbonyl (C=O) groups is 2. The van der Waals surface area contributed by atoms with Crippen molar-refractivity contribution in [3.63, 3.8) is 0 Å². The van der Waals surface area contributed by atoms with E-state index >= 15 is 0 Å². The first-order chi connectivity index (χ1) is 9.74. The lowest BCUT2D eigenvalue weighted by Gasteiger charge is -2.25. The number of hydrogen-bond donors (Lipinski definition) is 0. The molecule has 1 aliphatic heterocycles. The van der Waals surface area contributed by atoms with Gasteiger partial charge in [-0.3, -0.25) is 9.59 Å². The minimum absolute atomic E-state index is 0.246. The molecule has 21 heavy (non-hydrogen) atoms. The molecule has 1 fully saturated rings. The molecule has 1 saturated heterocycles. The average Bonchev–Trinajstić information content (AvgIpc) is 2.90. The van der Waals surface area contributed by atoms with Gasteiger partial charge < -0.3 is 14.2 Å². The molecule has 0 unspecified atom stereocenters. The van der Waals surface area contributed by atoms with Crippen LogP contribution in [0.4, 0.5) is 0 Å². The van der Waals surface area contributed by atoms with Crippen LogP contribution in [0.15, 0.2) is 12.1 Å². The highest BCUT2D eigenvalue weighted by Gasteiger charge is 2.66. The molecule has 5 nitrogen and oxygen atoms in total. The zero-order valence-corrected chi connectivity index (χ0v) is 12.6. The summed E-state index contributed by atoms with van der Waals surface area (Å²) >= 11 is 0.